The van der Waals surface area contributed by atoms with E-state index in [0.717, 1.165) is 36.7 Å². The zero-order valence-electron chi connectivity index (χ0n) is 48.9. The van der Waals surface area contributed by atoms with Crippen LogP contribution in [0.4, 0.5) is 28.4 Å². The minimum atomic E-state index is -4.63. The number of carbonyl (C=O) groups excluding carboxylic acids is 5. The van der Waals surface area contributed by atoms with Crippen molar-refractivity contribution < 1.29 is 46.6 Å². The number of benzene rings is 1. The molecule has 4 aliphatic heterocycles. The maximum atomic E-state index is 15.2. The lowest BCUT2D eigenvalue weighted by atomic mass is 9.84. The monoisotopic (exact) mass is 1170 g/mol. The lowest BCUT2D eigenvalue weighted by Gasteiger charge is -2.42. The van der Waals surface area contributed by atoms with Gasteiger partial charge in [-0.25, -0.2) is 20.0 Å². The number of ether oxygens (including phenoxy) is 2. The number of esters is 1. The van der Waals surface area contributed by atoms with Crippen LogP contribution in [0.3, 0.4) is 0 Å². The summed E-state index contributed by atoms with van der Waals surface area (Å²) in [4.78, 5) is 92.4. The van der Waals surface area contributed by atoms with Crippen LogP contribution in [0, 0.1) is 18.3 Å². The number of aryl methyl sites for hydroxylation is 1. The van der Waals surface area contributed by atoms with Gasteiger partial charge in [-0.2, -0.15) is 18.3 Å². The second-order valence-electron chi connectivity index (χ2n) is 24.2. The maximum absolute atomic E-state index is 15.2. The van der Waals surface area contributed by atoms with Gasteiger partial charge in [0.2, 0.25) is 5.91 Å². The van der Waals surface area contributed by atoms with Gasteiger partial charge < -0.3 is 39.0 Å². The third kappa shape index (κ3) is 13.0. The third-order valence-corrected chi connectivity index (χ3v) is 17.4. The van der Waals surface area contributed by atoms with Crippen molar-refractivity contribution in [3.8, 4) is 22.5 Å². The normalized spacial score (nSPS) is 21.1. The Labute approximate surface area is 485 Å². The first kappa shape index (κ1) is 59.5. The molecule has 5 aliphatic rings. The van der Waals surface area contributed by atoms with Crippen molar-refractivity contribution in [3.05, 3.63) is 64.0 Å². The van der Waals surface area contributed by atoms with Crippen LogP contribution in [0.1, 0.15) is 102 Å². The summed E-state index contributed by atoms with van der Waals surface area (Å²) in [6.07, 6.45) is 1.35. The minimum absolute atomic E-state index is 0.0726. The van der Waals surface area contributed by atoms with Crippen LogP contribution in [0.2, 0.25) is 0 Å². The lowest BCUT2D eigenvalue weighted by Crippen LogP contribution is -2.64. The number of thiazole rings is 1. The van der Waals surface area contributed by atoms with Crippen LogP contribution >= 0.6 is 11.3 Å². The fourth-order valence-corrected chi connectivity index (χ4v) is 12.9. The number of rotatable bonds is 11. The van der Waals surface area contributed by atoms with E-state index in [9.17, 15) is 24.0 Å². The smallest absolute Gasteiger partial charge is 0.406 e. The molecule has 2 N–H and O–H groups in total. The van der Waals surface area contributed by atoms with Crippen molar-refractivity contribution in [3.63, 3.8) is 0 Å². The maximum Gasteiger partial charge on any atom is 0.406 e. The topological polar surface area (TPSA) is 209 Å². The average molecular weight is 1170 g/mol. The van der Waals surface area contributed by atoms with Gasteiger partial charge in [0, 0.05) is 117 Å². The van der Waals surface area contributed by atoms with Gasteiger partial charge in [-0.15, -0.1) is 16.4 Å². The number of hydrogen-bond donors (Lipinski definition) is 2. The van der Waals surface area contributed by atoms with Crippen molar-refractivity contribution in [1.82, 2.24) is 64.9 Å². The van der Waals surface area contributed by atoms with E-state index in [-0.39, 0.29) is 52.2 Å². The number of urea groups is 1. The molecule has 5 amide bonds. The van der Waals surface area contributed by atoms with Gasteiger partial charge in [0.25, 0.3) is 5.91 Å². The van der Waals surface area contributed by atoms with Gasteiger partial charge in [0.15, 0.2) is 0 Å². The summed E-state index contributed by atoms with van der Waals surface area (Å²) in [6.45, 7) is 17.6. The summed E-state index contributed by atoms with van der Waals surface area (Å²) in [6, 6.07) is 3.40. The van der Waals surface area contributed by atoms with E-state index in [0.29, 0.717) is 74.3 Å². The van der Waals surface area contributed by atoms with Crippen molar-refractivity contribution >= 4 is 57.8 Å². The van der Waals surface area contributed by atoms with E-state index >= 15 is 13.2 Å². The quantitative estimate of drug-likeness (QED) is 0.127. The molecular weight excluding hydrogens is 1090 g/mol. The first-order chi connectivity index (χ1) is 39.5. The number of aromatic nitrogens is 6. The number of hydrogen-bond acceptors (Lipinski definition) is 15. The van der Waals surface area contributed by atoms with Crippen molar-refractivity contribution in [2.24, 2.45) is 11.3 Å². The Morgan fingerprint density at radius 3 is 2.33 bits per heavy atom. The van der Waals surface area contributed by atoms with Crippen LogP contribution in [-0.4, -0.2) is 193 Å². The molecule has 1 saturated carbocycles. The predicted octanol–water partition coefficient (Wildman–Crippen LogP) is 7.07. The molecule has 4 fully saturated rings. The number of carbonyl (C=O) groups is 5. The predicted molar refractivity (Wildman–Crippen MR) is 306 cm³/mol. The van der Waals surface area contributed by atoms with Crippen molar-refractivity contribution in [1.29, 1.82) is 0 Å². The number of piperazine rings is 2. The largest absolute Gasteiger partial charge is 0.464 e. The highest BCUT2D eigenvalue weighted by molar-refractivity contribution is 7.10. The van der Waals surface area contributed by atoms with E-state index in [1.54, 1.807) is 42.2 Å². The molecule has 8 heterocycles. The molecule has 5 aromatic rings. The van der Waals surface area contributed by atoms with E-state index in [1.165, 1.54) is 44.9 Å². The summed E-state index contributed by atoms with van der Waals surface area (Å²) < 4.78 is 58.9. The number of cyclic esters (lactones) is 1. The highest BCUT2D eigenvalue weighted by Gasteiger charge is 2.42. The van der Waals surface area contributed by atoms with Gasteiger partial charge in [-0.05, 0) is 89.5 Å². The molecule has 4 aromatic heterocycles. The number of fused-ring (bicyclic) bond motifs is 6. The average Bonchev–Trinajstić information content (AvgIpc) is 1.88. The number of alkyl halides is 3. The molecule has 0 radical (unpaired) electrons. The SMILES string of the molecule is CO[C@@H](C)c1ncc(N2CCN(C3CC3)CC2)cc1-c1c2c3cc(ccc3n1CC(F)(F)F)-c1csc(n1)C[C@H](NC(=O)[C@H](C(C)C)N(C(=O)N1CCN(C(=O)n3ncc(C)n3)CC1)C(C)C)C(=O)N1CCC[C@H](N1)C(=O)OCC(C)(C)C2. The first-order valence-electron chi connectivity index (χ1n) is 29.0. The lowest BCUT2D eigenvalue weighted by molar-refractivity contribution is -0.155. The Kier molecular flexibility index (Phi) is 17.3. The van der Waals surface area contributed by atoms with Gasteiger partial charge >= 0.3 is 24.2 Å². The van der Waals surface area contributed by atoms with E-state index < -0.39 is 84.2 Å². The molecule has 83 heavy (non-hydrogen) atoms. The number of pyridine rings is 1. The van der Waals surface area contributed by atoms with E-state index in [2.05, 4.69) is 30.7 Å². The molecule has 1 aliphatic carbocycles. The van der Waals surface area contributed by atoms with Crippen LogP contribution in [0.5, 0.6) is 0 Å². The van der Waals surface area contributed by atoms with Crippen LogP contribution in [0.25, 0.3) is 33.4 Å². The molecule has 0 unspecified atom stereocenters. The van der Waals surface area contributed by atoms with Crippen LogP contribution in [0.15, 0.2) is 42.0 Å². The molecular formula is C58H77F3N14O7S. The van der Waals surface area contributed by atoms with Gasteiger partial charge in [0.05, 0.1) is 58.6 Å². The zero-order chi connectivity index (χ0) is 59.2. The number of amides is 5. The molecule has 0 spiro atoms. The third-order valence-electron chi connectivity index (χ3n) is 16.6. The number of nitrogens with zero attached hydrogens (tertiary/aromatic N) is 12. The number of anilines is 1. The van der Waals surface area contributed by atoms with Gasteiger partial charge in [-0.3, -0.25) is 29.3 Å². The van der Waals surface area contributed by atoms with Gasteiger partial charge in [0.1, 0.15) is 24.7 Å². The molecule has 3 saturated heterocycles. The standard InChI is InChI=1S/C58H77F3N14O7S/c1-34(2)50(74(35(3)4)55(79)70-21-23-71(24-22-70)56(80)75-63-29-36(5)66-75)52(76)65-45-27-48-64-46(31-83-48)38-12-15-47-41(25-38)43(28-57(7,8)33-82-54(78)44-11-10-16-73(67-44)53(45)77)51(72(47)32-58(59,60)61)42-26-40(30-62-49(42)37(6)81-9)69-19-17-68(18-20-69)39-13-14-39/h12,15,25-26,29-31,34-35,37,39,44-45,50,67H,10-11,13-14,16-24,27-28,32-33H2,1-9H3,(H,65,76)/t37-,44-,45-,50-/m0/s1. The summed E-state index contributed by atoms with van der Waals surface area (Å²) >= 11 is 1.27. The Morgan fingerprint density at radius 1 is 0.952 bits per heavy atom. The molecule has 6 bridgehead atoms. The summed E-state index contributed by atoms with van der Waals surface area (Å²) in [5, 5.41) is 15.4. The Morgan fingerprint density at radius 2 is 1.67 bits per heavy atom. The second kappa shape index (κ2) is 24.1. The summed E-state index contributed by atoms with van der Waals surface area (Å²) in [5.74, 6) is -2.12. The highest BCUT2D eigenvalue weighted by Crippen LogP contribution is 2.44. The summed E-state index contributed by atoms with van der Waals surface area (Å²) in [5.41, 5.74) is 7.09. The van der Waals surface area contributed by atoms with Gasteiger partial charge in [-0.1, -0.05) is 38.6 Å². The van der Waals surface area contributed by atoms with Crippen LogP contribution < -0.4 is 15.6 Å². The number of methoxy groups -OCH3 is 1. The zero-order valence-corrected chi connectivity index (χ0v) is 49.7. The van der Waals surface area contributed by atoms with E-state index in [4.69, 9.17) is 19.4 Å². The number of hydrazine groups is 1. The molecule has 10 rings (SSSR count). The molecule has 4 atom stereocenters. The molecule has 1 aromatic carbocycles. The Hall–Kier alpha value is -6.70. The van der Waals surface area contributed by atoms with Crippen molar-refractivity contribution in [2.45, 2.75) is 143 Å². The Bertz CT molecular complexity index is 3210. The molecule has 21 nitrogen and oxygen atoms in total. The van der Waals surface area contributed by atoms with Crippen molar-refractivity contribution in [2.75, 3.05) is 77.5 Å². The first-order valence-corrected chi connectivity index (χ1v) is 29.8. The molecule has 25 heteroatoms. The van der Waals surface area contributed by atoms with E-state index in [1.807, 2.05) is 66.0 Å². The molecule has 448 valence electrons. The minimum Gasteiger partial charge on any atom is -0.464 e. The summed E-state index contributed by atoms with van der Waals surface area (Å²) in [7, 11) is 1.55. The second-order valence-corrected chi connectivity index (χ2v) is 25.1. The fourth-order valence-electron chi connectivity index (χ4n) is 12.1. The Balaban J connectivity index is 1.01. The fraction of sp³-hybridized carbons (Fsp3) is 0.603. The number of nitrogens with one attached hydrogen (secondary N) is 2. The van der Waals surface area contributed by atoms with Crippen LogP contribution in [-0.2, 0) is 43.2 Å². The highest BCUT2D eigenvalue weighted by atomic mass is 32.1. The number of halogens is 3.